The van der Waals surface area contributed by atoms with Crippen LogP contribution in [0.25, 0.3) is 0 Å². The Morgan fingerprint density at radius 3 is 2.36 bits per heavy atom. The van der Waals surface area contributed by atoms with E-state index in [-0.39, 0.29) is 48.4 Å². The summed E-state index contributed by atoms with van der Waals surface area (Å²) >= 11 is 0. The minimum absolute atomic E-state index is 0.00144. The lowest BCUT2D eigenvalue weighted by molar-refractivity contribution is -0.142. The quantitative estimate of drug-likeness (QED) is 0.510. The zero-order valence-electron chi connectivity index (χ0n) is 19.7. The second-order valence-corrected chi connectivity index (χ2v) is 9.98. The molecule has 0 aromatic heterocycles. The van der Waals surface area contributed by atoms with Gasteiger partial charge in [-0.25, -0.2) is 0 Å². The number of carbonyl (C=O) groups is 6. The van der Waals surface area contributed by atoms with Gasteiger partial charge in [-0.1, -0.05) is 6.07 Å². The molecule has 1 aromatic carbocycles. The molecule has 1 aliphatic carbocycles. The highest BCUT2D eigenvalue weighted by Gasteiger charge is 2.46. The van der Waals surface area contributed by atoms with Gasteiger partial charge < -0.3 is 15.3 Å². The number of fused-ring (bicyclic) bond motifs is 1. The van der Waals surface area contributed by atoms with Gasteiger partial charge in [0.15, 0.2) is 0 Å². The van der Waals surface area contributed by atoms with Crippen LogP contribution in [-0.2, 0) is 19.2 Å². The maximum atomic E-state index is 13.3. The highest BCUT2D eigenvalue weighted by atomic mass is 16.4. The molecule has 1 saturated carbocycles. The van der Waals surface area contributed by atoms with E-state index in [1.165, 1.54) is 0 Å². The van der Waals surface area contributed by atoms with Gasteiger partial charge in [0, 0.05) is 37.2 Å². The lowest BCUT2D eigenvalue weighted by Crippen LogP contribution is -2.54. The number of carboxylic acid groups (broad SMARTS) is 1. The molecule has 11 heteroatoms. The molecule has 0 radical (unpaired) electrons. The molecular formula is C25H28N4O7. The Hall–Kier alpha value is -3.76. The predicted molar refractivity (Wildman–Crippen MR) is 125 cm³/mol. The van der Waals surface area contributed by atoms with Gasteiger partial charge in [-0.05, 0) is 50.7 Å². The first kappa shape index (κ1) is 24.0. The number of amides is 5. The summed E-state index contributed by atoms with van der Waals surface area (Å²) in [6.45, 7) is 0.742. The highest BCUT2D eigenvalue weighted by molar-refractivity contribution is 6.25. The van der Waals surface area contributed by atoms with E-state index in [2.05, 4.69) is 10.6 Å². The lowest BCUT2D eigenvalue weighted by atomic mass is 9.85. The fraction of sp³-hybridized carbons (Fsp3) is 0.520. The van der Waals surface area contributed by atoms with Gasteiger partial charge in [0.25, 0.3) is 11.8 Å². The summed E-state index contributed by atoms with van der Waals surface area (Å²) in [5.41, 5.74) is 0.960. The van der Waals surface area contributed by atoms with Crippen LogP contribution in [0.2, 0.25) is 0 Å². The number of hydrogen-bond donors (Lipinski definition) is 3. The first-order chi connectivity index (χ1) is 17.2. The molecule has 2 unspecified atom stereocenters. The van der Waals surface area contributed by atoms with E-state index in [9.17, 15) is 33.9 Å². The molecule has 4 aliphatic rings. The van der Waals surface area contributed by atoms with Crippen molar-refractivity contribution in [3.8, 4) is 0 Å². The summed E-state index contributed by atoms with van der Waals surface area (Å²) in [6.07, 6.45) is 3.32. The zero-order valence-corrected chi connectivity index (χ0v) is 19.7. The molecule has 5 rings (SSSR count). The van der Waals surface area contributed by atoms with Gasteiger partial charge in [0.05, 0.1) is 17.0 Å². The Kier molecular flexibility index (Phi) is 6.23. The van der Waals surface area contributed by atoms with Gasteiger partial charge in [0.1, 0.15) is 6.04 Å². The Balaban J connectivity index is 1.23. The van der Waals surface area contributed by atoms with E-state index in [0.717, 1.165) is 4.90 Å². The number of piperidine rings is 1. The number of aliphatic carboxylic acids is 1. The second-order valence-electron chi connectivity index (χ2n) is 9.98. The number of anilines is 1. The van der Waals surface area contributed by atoms with Crippen LogP contribution >= 0.6 is 0 Å². The lowest BCUT2D eigenvalue weighted by Gasteiger charge is -2.31. The van der Waals surface area contributed by atoms with Crippen molar-refractivity contribution in [2.24, 2.45) is 11.8 Å². The maximum Gasteiger partial charge on any atom is 0.308 e. The van der Waals surface area contributed by atoms with Gasteiger partial charge in [-0.15, -0.1) is 0 Å². The number of imide groups is 2. The number of benzene rings is 1. The molecule has 2 saturated heterocycles. The SMILES string of the molecule is O=C1CCC(N2C(=O)c3cccc(N[C@H]4CC[C@H](C(=O)N5CCC(C(=O)O)C5)CC4)c3C2=O)C(=O)N1. The van der Waals surface area contributed by atoms with E-state index in [1.807, 2.05) is 0 Å². The van der Waals surface area contributed by atoms with Crippen LogP contribution in [0.4, 0.5) is 5.69 Å². The molecule has 0 bridgehead atoms. The Morgan fingerprint density at radius 2 is 1.69 bits per heavy atom. The van der Waals surface area contributed by atoms with Gasteiger partial charge in [0.2, 0.25) is 17.7 Å². The first-order valence-electron chi connectivity index (χ1n) is 12.4. The number of hydrogen-bond acceptors (Lipinski definition) is 7. The summed E-state index contributed by atoms with van der Waals surface area (Å²) < 4.78 is 0. The smallest absolute Gasteiger partial charge is 0.308 e. The van der Waals surface area contributed by atoms with Gasteiger partial charge in [-0.2, -0.15) is 0 Å². The minimum atomic E-state index is -1.02. The number of nitrogens with zero attached hydrogens (tertiary/aromatic N) is 2. The maximum absolute atomic E-state index is 13.3. The first-order valence-corrected chi connectivity index (χ1v) is 12.4. The van der Waals surface area contributed by atoms with Gasteiger partial charge in [-0.3, -0.25) is 39.0 Å². The van der Waals surface area contributed by atoms with E-state index < -0.39 is 41.6 Å². The van der Waals surface area contributed by atoms with Crippen LogP contribution in [0.5, 0.6) is 0 Å². The van der Waals surface area contributed by atoms with Crippen molar-refractivity contribution < 1.29 is 33.9 Å². The summed E-state index contributed by atoms with van der Waals surface area (Å²) in [6, 6.07) is 3.95. The van der Waals surface area contributed by atoms with E-state index in [4.69, 9.17) is 0 Å². The molecule has 3 heterocycles. The zero-order chi connectivity index (χ0) is 25.6. The summed E-state index contributed by atoms with van der Waals surface area (Å²) in [7, 11) is 0. The van der Waals surface area contributed by atoms with Crippen LogP contribution in [-0.4, -0.2) is 75.6 Å². The molecule has 1 aromatic rings. The number of likely N-dealkylation sites (tertiary alicyclic amines) is 1. The third kappa shape index (κ3) is 4.22. The number of nitrogens with one attached hydrogen (secondary N) is 2. The van der Waals surface area contributed by atoms with Crippen molar-refractivity contribution in [3.63, 3.8) is 0 Å². The fourth-order valence-corrected chi connectivity index (χ4v) is 5.76. The monoisotopic (exact) mass is 496 g/mol. The fourth-order valence-electron chi connectivity index (χ4n) is 5.76. The number of carboxylic acids is 1. The largest absolute Gasteiger partial charge is 0.481 e. The molecule has 0 spiro atoms. The Morgan fingerprint density at radius 1 is 0.944 bits per heavy atom. The molecule has 36 heavy (non-hydrogen) atoms. The molecule has 3 fully saturated rings. The van der Waals surface area contributed by atoms with Gasteiger partial charge >= 0.3 is 5.97 Å². The third-order valence-corrected chi connectivity index (χ3v) is 7.75. The topological polar surface area (TPSA) is 153 Å². The molecule has 3 aliphatic heterocycles. The van der Waals surface area contributed by atoms with E-state index in [0.29, 0.717) is 44.3 Å². The van der Waals surface area contributed by atoms with Crippen molar-refractivity contribution in [1.82, 2.24) is 15.1 Å². The van der Waals surface area contributed by atoms with E-state index in [1.54, 1.807) is 23.1 Å². The standard InChI is InChI=1S/C25H28N4O7/c30-19-9-8-18(21(31)27-19)29-23(33)16-2-1-3-17(20(16)24(29)34)26-15-6-4-13(5-7-15)22(32)28-11-10-14(12-28)25(35)36/h1-3,13-15,18,26H,4-12H2,(H,35,36)(H,27,30,31)/t13-,14?,15-,18?. The normalized spacial score (nSPS) is 28.2. The summed E-state index contributed by atoms with van der Waals surface area (Å²) in [5, 5.41) is 14.8. The summed E-state index contributed by atoms with van der Waals surface area (Å²) in [5.74, 6) is -3.67. The second kappa shape index (κ2) is 9.36. The van der Waals surface area contributed by atoms with Crippen molar-refractivity contribution in [3.05, 3.63) is 29.3 Å². The van der Waals surface area contributed by atoms with Crippen LogP contribution in [0.3, 0.4) is 0 Å². The number of carbonyl (C=O) groups excluding carboxylic acids is 5. The Bertz CT molecular complexity index is 1160. The summed E-state index contributed by atoms with van der Waals surface area (Å²) in [4.78, 5) is 76.8. The molecule has 11 nitrogen and oxygen atoms in total. The third-order valence-electron chi connectivity index (χ3n) is 7.75. The number of rotatable bonds is 5. The average molecular weight is 497 g/mol. The molecule has 190 valence electrons. The van der Waals surface area contributed by atoms with Crippen LogP contribution in [0.1, 0.15) is 65.7 Å². The van der Waals surface area contributed by atoms with E-state index >= 15 is 0 Å². The minimum Gasteiger partial charge on any atom is -0.481 e. The highest BCUT2D eigenvalue weighted by Crippen LogP contribution is 2.35. The average Bonchev–Trinajstić information content (AvgIpc) is 3.44. The Labute approximate surface area is 207 Å². The predicted octanol–water partition coefficient (Wildman–Crippen LogP) is 0.992. The molecule has 2 atom stereocenters. The molecule has 3 N–H and O–H groups in total. The van der Waals surface area contributed by atoms with Crippen LogP contribution in [0, 0.1) is 11.8 Å². The molecular weight excluding hydrogens is 468 g/mol. The van der Waals surface area contributed by atoms with Crippen LogP contribution < -0.4 is 10.6 Å². The van der Waals surface area contributed by atoms with Crippen molar-refractivity contribution in [2.75, 3.05) is 18.4 Å². The van der Waals surface area contributed by atoms with Crippen molar-refractivity contribution in [2.45, 2.75) is 57.0 Å². The van der Waals surface area contributed by atoms with Crippen LogP contribution in [0.15, 0.2) is 18.2 Å². The molecule has 5 amide bonds. The van der Waals surface area contributed by atoms with Crippen molar-refractivity contribution >= 4 is 41.2 Å². The van der Waals surface area contributed by atoms with Crippen molar-refractivity contribution in [1.29, 1.82) is 0 Å².